The van der Waals surface area contributed by atoms with Crippen LogP contribution in [0.2, 0.25) is 0 Å². The van der Waals surface area contributed by atoms with E-state index in [1.165, 1.54) is 57.3 Å². The summed E-state index contributed by atoms with van der Waals surface area (Å²) in [5.41, 5.74) is 3.55. The van der Waals surface area contributed by atoms with Gasteiger partial charge in [-0.05, 0) is 38.4 Å². The first-order chi connectivity index (χ1) is 18.2. The molecule has 10 nitrogen and oxygen atoms in total. The van der Waals surface area contributed by atoms with Gasteiger partial charge in [0.25, 0.3) is 0 Å². The number of aromatic amines is 1. The van der Waals surface area contributed by atoms with Crippen molar-refractivity contribution in [2.45, 2.75) is 50.6 Å². The fraction of sp³-hybridized carbons (Fsp3) is 0.593. The van der Waals surface area contributed by atoms with E-state index in [0.29, 0.717) is 18.0 Å². The van der Waals surface area contributed by atoms with Crippen LogP contribution in [0.4, 0.5) is 23.1 Å². The number of rotatable bonds is 7. The number of likely N-dealkylation sites (N-methyl/N-ethyl adjacent to an activating group) is 1. The summed E-state index contributed by atoms with van der Waals surface area (Å²) in [7, 11) is 3.93. The molecule has 1 saturated carbocycles. The molecule has 2 saturated heterocycles. The molecule has 2 aliphatic heterocycles. The molecule has 0 spiro atoms. The molecule has 3 aromatic rings. The number of methoxy groups -OCH3 is 1. The van der Waals surface area contributed by atoms with E-state index in [9.17, 15) is 0 Å². The molecule has 3 aliphatic rings. The van der Waals surface area contributed by atoms with Crippen molar-refractivity contribution in [1.29, 1.82) is 0 Å². The Kier molecular flexibility index (Phi) is 7.01. The summed E-state index contributed by atoms with van der Waals surface area (Å²) in [6.45, 7) is 6.79. The van der Waals surface area contributed by atoms with Crippen molar-refractivity contribution in [3.8, 4) is 5.75 Å². The molecule has 1 unspecified atom stereocenters. The number of nitrogens with one attached hydrogen (secondary N) is 3. The van der Waals surface area contributed by atoms with E-state index in [1.807, 2.05) is 0 Å². The molecule has 0 radical (unpaired) electrons. The Morgan fingerprint density at radius 1 is 1.00 bits per heavy atom. The topological polar surface area (TPSA) is 97.5 Å². The van der Waals surface area contributed by atoms with Gasteiger partial charge < -0.3 is 30.2 Å². The van der Waals surface area contributed by atoms with E-state index in [1.54, 1.807) is 13.4 Å². The van der Waals surface area contributed by atoms with E-state index in [-0.39, 0.29) is 0 Å². The van der Waals surface area contributed by atoms with Gasteiger partial charge in [-0.25, -0.2) is 4.98 Å². The van der Waals surface area contributed by atoms with Crippen LogP contribution in [0.1, 0.15) is 38.5 Å². The fourth-order valence-corrected chi connectivity index (χ4v) is 5.99. The van der Waals surface area contributed by atoms with Gasteiger partial charge in [0, 0.05) is 63.1 Å². The molecule has 4 heterocycles. The molecule has 0 bridgehead atoms. The summed E-state index contributed by atoms with van der Waals surface area (Å²) in [5, 5.41) is 7.03. The third-order valence-corrected chi connectivity index (χ3v) is 8.24. The highest BCUT2D eigenvalue weighted by atomic mass is 16.5. The monoisotopic (exact) mass is 505 g/mol. The van der Waals surface area contributed by atoms with Gasteiger partial charge in [0.15, 0.2) is 11.5 Å². The highest BCUT2D eigenvalue weighted by Gasteiger charge is 2.30. The van der Waals surface area contributed by atoms with E-state index < -0.39 is 0 Å². The number of imidazole rings is 1. The molecule has 10 heteroatoms. The zero-order chi connectivity index (χ0) is 25.2. The van der Waals surface area contributed by atoms with Crippen LogP contribution in [0.25, 0.3) is 11.2 Å². The molecule has 1 aliphatic carbocycles. The Labute approximate surface area is 218 Å². The van der Waals surface area contributed by atoms with Crippen LogP contribution in [-0.4, -0.2) is 95.2 Å². The van der Waals surface area contributed by atoms with Crippen molar-refractivity contribution in [2.75, 3.05) is 69.0 Å². The van der Waals surface area contributed by atoms with Gasteiger partial charge >= 0.3 is 0 Å². The first kappa shape index (κ1) is 24.2. The molecule has 37 heavy (non-hydrogen) atoms. The maximum atomic E-state index is 5.80. The number of H-pyrrole nitrogens is 1. The zero-order valence-corrected chi connectivity index (χ0v) is 22.0. The van der Waals surface area contributed by atoms with Gasteiger partial charge in [0.05, 0.1) is 19.1 Å². The van der Waals surface area contributed by atoms with E-state index in [2.05, 4.69) is 65.5 Å². The lowest BCUT2D eigenvalue weighted by atomic mass is 9.95. The van der Waals surface area contributed by atoms with Crippen molar-refractivity contribution in [2.24, 2.45) is 0 Å². The summed E-state index contributed by atoms with van der Waals surface area (Å²) in [5.74, 6) is 2.09. The van der Waals surface area contributed by atoms with Crippen molar-refractivity contribution >= 4 is 34.3 Å². The lowest BCUT2D eigenvalue weighted by molar-refractivity contribution is 0.120. The molecular weight excluding hydrogens is 466 g/mol. The third-order valence-electron chi connectivity index (χ3n) is 8.24. The molecule has 2 aromatic heterocycles. The lowest BCUT2D eigenvalue weighted by Gasteiger charge is -2.36. The standard InChI is InChI=1S/C27H39N9O/c1-34-12-14-35(15-13-34)21-10-11-36(17-21)20-8-9-22(23(16-20)37-2)31-27-32-25-24(28-18-29-25)26(33-27)30-19-6-4-3-5-7-19/h8-9,16,18-19,21H,3-7,10-15,17H2,1-2H3,(H3,28,29,30,31,32,33). The van der Waals surface area contributed by atoms with Crippen LogP contribution < -0.4 is 20.3 Å². The number of anilines is 4. The van der Waals surface area contributed by atoms with Gasteiger partial charge in [0.1, 0.15) is 11.3 Å². The number of benzene rings is 1. The van der Waals surface area contributed by atoms with Gasteiger partial charge in [-0.2, -0.15) is 9.97 Å². The first-order valence-corrected chi connectivity index (χ1v) is 13.8. The zero-order valence-electron chi connectivity index (χ0n) is 22.0. The van der Waals surface area contributed by atoms with E-state index in [0.717, 1.165) is 54.6 Å². The van der Waals surface area contributed by atoms with Crippen molar-refractivity contribution in [3.05, 3.63) is 24.5 Å². The minimum Gasteiger partial charge on any atom is -0.494 e. The first-order valence-electron chi connectivity index (χ1n) is 13.8. The van der Waals surface area contributed by atoms with Crippen LogP contribution in [0.15, 0.2) is 24.5 Å². The van der Waals surface area contributed by atoms with Crippen molar-refractivity contribution < 1.29 is 4.74 Å². The number of aromatic nitrogens is 4. The number of ether oxygens (including phenoxy) is 1. The Hall–Kier alpha value is -3.11. The summed E-state index contributed by atoms with van der Waals surface area (Å²) in [4.78, 5) is 24.7. The van der Waals surface area contributed by atoms with Crippen LogP contribution >= 0.6 is 0 Å². The average Bonchev–Trinajstić information content (AvgIpc) is 3.60. The molecule has 198 valence electrons. The molecule has 1 aromatic carbocycles. The highest BCUT2D eigenvalue weighted by Crippen LogP contribution is 2.34. The lowest BCUT2D eigenvalue weighted by Crippen LogP contribution is -2.49. The van der Waals surface area contributed by atoms with Crippen LogP contribution in [-0.2, 0) is 0 Å². The summed E-state index contributed by atoms with van der Waals surface area (Å²) >= 11 is 0. The Bertz CT molecular complexity index is 1200. The minimum atomic E-state index is 0.431. The molecular formula is C27H39N9O. The predicted octanol–water partition coefficient (Wildman–Crippen LogP) is 3.68. The van der Waals surface area contributed by atoms with Gasteiger partial charge in [-0.3, -0.25) is 4.90 Å². The molecule has 1 atom stereocenters. The number of fused-ring (bicyclic) bond motifs is 1. The highest BCUT2D eigenvalue weighted by molar-refractivity contribution is 5.84. The van der Waals surface area contributed by atoms with Crippen LogP contribution in [0, 0.1) is 0 Å². The smallest absolute Gasteiger partial charge is 0.231 e. The van der Waals surface area contributed by atoms with Gasteiger partial charge in [-0.1, -0.05) is 19.3 Å². The average molecular weight is 506 g/mol. The van der Waals surface area contributed by atoms with Crippen molar-refractivity contribution in [3.63, 3.8) is 0 Å². The second-order valence-electron chi connectivity index (χ2n) is 10.7. The quantitative estimate of drug-likeness (QED) is 0.444. The number of piperazine rings is 1. The normalized spacial score (nSPS) is 22.0. The number of hydrogen-bond donors (Lipinski definition) is 3. The van der Waals surface area contributed by atoms with Crippen LogP contribution in [0.3, 0.4) is 0 Å². The predicted molar refractivity (Wildman–Crippen MR) is 148 cm³/mol. The van der Waals surface area contributed by atoms with Gasteiger partial charge in [0.2, 0.25) is 5.95 Å². The van der Waals surface area contributed by atoms with Crippen molar-refractivity contribution in [1.82, 2.24) is 29.7 Å². The molecule has 3 N–H and O–H groups in total. The van der Waals surface area contributed by atoms with Crippen LogP contribution in [0.5, 0.6) is 5.75 Å². The van der Waals surface area contributed by atoms with Gasteiger partial charge in [-0.15, -0.1) is 0 Å². The maximum Gasteiger partial charge on any atom is 0.231 e. The molecule has 0 amide bonds. The summed E-state index contributed by atoms with van der Waals surface area (Å²) in [6.07, 6.45) is 9.05. The SMILES string of the molecule is COc1cc(N2CCC(N3CCN(C)CC3)C2)ccc1Nc1nc(NC2CCCCC2)c2nc[nH]c2n1. The molecule has 3 fully saturated rings. The van der Waals surface area contributed by atoms with E-state index >= 15 is 0 Å². The Balaban J connectivity index is 1.17. The summed E-state index contributed by atoms with van der Waals surface area (Å²) < 4.78 is 5.80. The molecule has 6 rings (SSSR count). The fourth-order valence-electron chi connectivity index (χ4n) is 5.99. The second-order valence-corrected chi connectivity index (χ2v) is 10.7. The van der Waals surface area contributed by atoms with E-state index in [4.69, 9.17) is 9.72 Å². The maximum absolute atomic E-state index is 5.80. The third kappa shape index (κ3) is 5.31. The second kappa shape index (κ2) is 10.7. The number of hydrogen-bond acceptors (Lipinski definition) is 9. The Morgan fingerprint density at radius 3 is 2.65 bits per heavy atom. The minimum absolute atomic E-state index is 0.431. The number of nitrogens with zero attached hydrogens (tertiary/aromatic N) is 6. The summed E-state index contributed by atoms with van der Waals surface area (Å²) in [6, 6.07) is 7.44. The largest absolute Gasteiger partial charge is 0.494 e. The Morgan fingerprint density at radius 2 is 1.84 bits per heavy atom.